The maximum absolute atomic E-state index is 8.80. The third kappa shape index (κ3) is 3.09. The lowest BCUT2D eigenvalue weighted by Crippen LogP contribution is -2.16. The van der Waals surface area contributed by atoms with Crippen molar-refractivity contribution in [2.45, 2.75) is 20.0 Å². The first kappa shape index (κ1) is 13.9. The SMILES string of the molecule is CCc1ccccc1OCc1ccccc1/C(N)=N/O. The number of para-hydroxylation sites is 1. The van der Waals surface area contributed by atoms with E-state index in [-0.39, 0.29) is 5.84 Å². The standard InChI is InChI=1S/C16H18N2O2/c1-2-12-7-4-6-10-15(12)20-11-13-8-3-5-9-14(13)16(17)18-19/h3-10,19H,2,11H2,1H3,(H2,17,18). The summed E-state index contributed by atoms with van der Waals surface area (Å²) in [5.74, 6) is 0.956. The Labute approximate surface area is 118 Å². The van der Waals surface area contributed by atoms with E-state index in [1.165, 1.54) is 0 Å². The van der Waals surface area contributed by atoms with E-state index in [2.05, 4.69) is 12.1 Å². The number of nitrogens with two attached hydrogens (primary N) is 1. The number of hydrogen-bond donors (Lipinski definition) is 2. The second-order valence-corrected chi connectivity index (χ2v) is 4.39. The van der Waals surface area contributed by atoms with Crippen LogP contribution in [0.1, 0.15) is 23.6 Å². The van der Waals surface area contributed by atoms with Gasteiger partial charge < -0.3 is 15.7 Å². The van der Waals surface area contributed by atoms with E-state index >= 15 is 0 Å². The van der Waals surface area contributed by atoms with Crippen LogP contribution in [0.2, 0.25) is 0 Å². The van der Waals surface area contributed by atoms with Crippen molar-refractivity contribution in [3.05, 3.63) is 65.2 Å². The fourth-order valence-corrected chi connectivity index (χ4v) is 2.04. The quantitative estimate of drug-likeness (QED) is 0.380. The van der Waals surface area contributed by atoms with Gasteiger partial charge in [-0.1, -0.05) is 54.5 Å². The normalized spacial score (nSPS) is 11.3. The summed E-state index contributed by atoms with van der Waals surface area (Å²) in [4.78, 5) is 0. The van der Waals surface area contributed by atoms with Crippen LogP contribution in [0.15, 0.2) is 53.7 Å². The molecule has 0 aliphatic carbocycles. The molecule has 0 saturated carbocycles. The average Bonchev–Trinajstić information content (AvgIpc) is 2.52. The summed E-state index contributed by atoms with van der Waals surface area (Å²) in [6.45, 7) is 2.47. The van der Waals surface area contributed by atoms with Gasteiger partial charge in [0.25, 0.3) is 0 Å². The Kier molecular flexibility index (Phi) is 4.60. The third-order valence-electron chi connectivity index (χ3n) is 3.14. The van der Waals surface area contributed by atoms with E-state index in [1.54, 1.807) is 6.07 Å². The highest BCUT2D eigenvalue weighted by Crippen LogP contribution is 2.20. The Morgan fingerprint density at radius 2 is 1.75 bits per heavy atom. The van der Waals surface area contributed by atoms with Gasteiger partial charge >= 0.3 is 0 Å². The van der Waals surface area contributed by atoms with Crippen molar-refractivity contribution >= 4 is 5.84 Å². The van der Waals surface area contributed by atoms with Gasteiger partial charge in [0.15, 0.2) is 5.84 Å². The van der Waals surface area contributed by atoms with E-state index in [0.29, 0.717) is 12.2 Å². The number of oxime groups is 1. The highest BCUT2D eigenvalue weighted by atomic mass is 16.5. The molecule has 2 aromatic rings. The van der Waals surface area contributed by atoms with E-state index < -0.39 is 0 Å². The summed E-state index contributed by atoms with van der Waals surface area (Å²) >= 11 is 0. The molecular formula is C16H18N2O2. The van der Waals surface area contributed by atoms with Crippen molar-refractivity contribution in [2.24, 2.45) is 10.9 Å². The summed E-state index contributed by atoms with van der Waals surface area (Å²) in [6.07, 6.45) is 0.915. The average molecular weight is 270 g/mol. The van der Waals surface area contributed by atoms with Gasteiger partial charge in [0.2, 0.25) is 0 Å². The monoisotopic (exact) mass is 270 g/mol. The summed E-state index contributed by atoms with van der Waals surface area (Å²) in [5, 5.41) is 11.8. The van der Waals surface area contributed by atoms with Crippen molar-refractivity contribution in [2.75, 3.05) is 0 Å². The second-order valence-electron chi connectivity index (χ2n) is 4.39. The van der Waals surface area contributed by atoms with Crippen LogP contribution in [0.3, 0.4) is 0 Å². The first-order valence-electron chi connectivity index (χ1n) is 6.52. The van der Waals surface area contributed by atoms with E-state index in [4.69, 9.17) is 15.7 Å². The van der Waals surface area contributed by atoms with Crippen molar-refractivity contribution in [3.8, 4) is 5.75 Å². The molecule has 104 valence electrons. The second kappa shape index (κ2) is 6.61. The number of rotatable bonds is 5. The molecule has 0 aliphatic rings. The Balaban J connectivity index is 2.19. The third-order valence-corrected chi connectivity index (χ3v) is 3.14. The Morgan fingerprint density at radius 1 is 1.10 bits per heavy atom. The molecule has 20 heavy (non-hydrogen) atoms. The first-order valence-corrected chi connectivity index (χ1v) is 6.52. The van der Waals surface area contributed by atoms with Crippen LogP contribution in [0, 0.1) is 0 Å². The van der Waals surface area contributed by atoms with Gasteiger partial charge in [-0.2, -0.15) is 0 Å². The molecule has 2 aromatic carbocycles. The van der Waals surface area contributed by atoms with Gasteiger partial charge in [-0.3, -0.25) is 0 Å². The van der Waals surface area contributed by atoms with E-state index in [9.17, 15) is 0 Å². The summed E-state index contributed by atoms with van der Waals surface area (Å²) < 4.78 is 5.86. The Hall–Kier alpha value is -2.49. The molecule has 0 fully saturated rings. The summed E-state index contributed by atoms with van der Waals surface area (Å²) in [5.41, 5.74) is 8.39. The minimum atomic E-state index is 0.0907. The van der Waals surface area contributed by atoms with E-state index in [1.807, 2.05) is 42.5 Å². The zero-order valence-corrected chi connectivity index (χ0v) is 11.4. The Bertz CT molecular complexity index is 609. The van der Waals surface area contributed by atoms with Crippen molar-refractivity contribution < 1.29 is 9.94 Å². The number of amidine groups is 1. The van der Waals surface area contributed by atoms with Gasteiger partial charge in [0.1, 0.15) is 12.4 Å². The Morgan fingerprint density at radius 3 is 2.45 bits per heavy atom. The lowest BCUT2D eigenvalue weighted by atomic mass is 10.1. The minimum absolute atomic E-state index is 0.0907. The maximum atomic E-state index is 8.80. The predicted octanol–water partition coefficient (Wildman–Crippen LogP) is 2.92. The van der Waals surface area contributed by atoms with Gasteiger partial charge in [-0.05, 0) is 18.1 Å². The zero-order chi connectivity index (χ0) is 14.4. The van der Waals surface area contributed by atoms with Gasteiger partial charge in [0.05, 0.1) is 0 Å². The number of ether oxygens (including phenoxy) is 1. The van der Waals surface area contributed by atoms with Gasteiger partial charge in [-0.15, -0.1) is 0 Å². The maximum Gasteiger partial charge on any atom is 0.170 e. The molecule has 0 heterocycles. The fraction of sp³-hybridized carbons (Fsp3) is 0.188. The van der Waals surface area contributed by atoms with Crippen LogP contribution in [0.5, 0.6) is 5.75 Å². The smallest absolute Gasteiger partial charge is 0.170 e. The molecule has 0 aromatic heterocycles. The van der Waals surface area contributed by atoms with Crippen LogP contribution >= 0.6 is 0 Å². The molecule has 0 amide bonds. The van der Waals surface area contributed by atoms with Crippen LogP contribution in [-0.2, 0) is 13.0 Å². The van der Waals surface area contributed by atoms with Crippen molar-refractivity contribution in [1.29, 1.82) is 0 Å². The highest BCUT2D eigenvalue weighted by Gasteiger charge is 2.08. The van der Waals surface area contributed by atoms with Gasteiger partial charge in [-0.25, -0.2) is 0 Å². The number of aryl methyl sites for hydroxylation is 1. The summed E-state index contributed by atoms with van der Waals surface area (Å²) in [6, 6.07) is 15.4. The molecule has 0 bridgehead atoms. The topological polar surface area (TPSA) is 67.8 Å². The molecule has 0 atom stereocenters. The molecular weight excluding hydrogens is 252 g/mol. The van der Waals surface area contributed by atoms with Crippen LogP contribution in [0.25, 0.3) is 0 Å². The number of benzene rings is 2. The lowest BCUT2D eigenvalue weighted by Gasteiger charge is -2.12. The number of nitrogens with zero attached hydrogens (tertiary/aromatic N) is 1. The van der Waals surface area contributed by atoms with Crippen molar-refractivity contribution in [1.82, 2.24) is 0 Å². The molecule has 2 rings (SSSR count). The molecule has 0 unspecified atom stereocenters. The van der Waals surface area contributed by atoms with Crippen molar-refractivity contribution in [3.63, 3.8) is 0 Å². The highest BCUT2D eigenvalue weighted by molar-refractivity contribution is 5.98. The molecule has 0 radical (unpaired) electrons. The summed E-state index contributed by atoms with van der Waals surface area (Å²) in [7, 11) is 0. The largest absolute Gasteiger partial charge is 0.489 e. The molecule has 3 N–H and O–H groups in total. The molecule has 0 spiro atoms. The van der Waals surface area contributed by atoms with Crippen LogP contribution < -0.4 is 10.5 Å². The molecule has 4 nitrogen and oxygen atoms in total. The number of hydrogen-bond acceptors (Lipinski definition) is 3. The molecule has 0 saturated heterocycles. The first-order chi connectivity index (χ1) is 9.76. The molecule has 0 aliphatic heterocycles. The van der Waals surface area contributed by atoms with Crippen LogP contribution in [0.4, 0.5) is 0 Å². The van der Waals surface area contributed by atoms with Gasteiger partial charge in [0, 0.05) is 11.1 Å². The minimum Gasteiger partial charge on any atom is -0.489 e. The van der Waals surface area contributed by atoms with Crippen LogP contribution in [-0.4, -0.2) is 11.0 Å². The van der Waals surface area contributed by atoms with E-state index in [0.717, 1.165) is 23.3 Å². The predicted molar refractivity (Wildman–Crippen MR) is 79.1 cm³/mol. The zero-order valence-electron chi connectivity index (χ0n) is 11.4. The lowest BCUT2D eigenvalue weighted by molar-refractivity contribution is 0.302. The fourth-order valence-electron chi connectivity index (χ4n) is 2.04. The molecule has 4 heteroatoms.